The second-order valence-electron chi connectivity index (χ2n) is 4.48. The fraction of sp³-hybridized carbons (Fsp3) is 0.231. The van der Waals surface area contributed by atoms with Gasteiger partial charge >= 0.3 is 0 Å². The number of hydrogen-bond donors (Lipinski definition) is 1. The molecule has 0 aliphatic carbocycles. The number of aromatic nitrogens is 6. The molecule has 0 amide bonds. The van der Waals surface area contributed by atoms with Gasteiger partial charge in [0, 0.05) is 24.8 Å². The van der Waals surface area contributed by atoms with Gasteiger partial charge in [0.1, 0.15) is 0 Å². The van der Waals surface area contributed by atoms with Crippen LogP contribution in [0.4, 0.5) is 5.95 Å². The maximum atomic E-state index is 4.21. The van der Waals surface area contributed by atoms with Crippen molar-refractivity contribution >= 4 is 5.95 Å². The molecule has 3 aromatic rings. The molecule has 0 saturated carbocycles. The zero-order valence-electron chi connectivity index (χ0n) is 11.4. The summed E-state index contributed by atoms with van der Waals surface area (Å²) in [4.78, 5) is 0. The third-order valence-corrected chi connectivity index (χ3v) is 3.24. The molecular formula is C13H15N7. The molecule has 0 unspecified atom stereocenters. The lowest BCUT2D eigenvalue weighted by Crippen LogP contribution is -2.08. The molecular weight excluding hydrogens is 254 g/mol. The van der Waals surface area contributed by atoms with E-state index in [4.69, 9.17) is 0 Å². The van der Waals surface area contributed by atoms with Crippen LogP contribution in [-0.2, 0) is 13.6 Å². The van der Waals surface area contributed by atoms with Crippen LogP contribution >= 0.6 is 0 Å². The SMILES string of the molecule is Cc1c(CNc2nnnn2-c2ccccc2)cnn1C. The molecule has 0 saturated heterocycles. The first-order valence-electron chi connectivity index (χ1n) is 6.31. The Hall–Kier alpha value is -2.70. The van der Waals surface area contributed by atoms with Crippen molar-refractivity contribution in [2.75, 3.05) is 5.32 Å². The van der Waals surface area contributed by atoms with Crippen molar-refractivity contribution in [1.29, 1.82) is 0 Å². The van der Waals surface area contributed by atoms with E-state index in [0.717, 1.165) is 16.9 Å². The highest BCUT2D eigenvalue weighted by Gasteiger charge is 2.09. The highest BCUT2D eigenvalue weighted by atomic mass is 15.6. The van der Waals surface area contributed by atoms with Gasteiger partial charge in [0.15, 0.2) is 0 Å². The number of nitrogens with zero attached hydrogens (tertiary/aromatic N) is 6. The van der Waals surface area contributed by atoms with Crippen LogP contribution in [0.3, 0.4) is 0 Å². The first kappa shape index (κ1) is 12.3. The Balaban J connectivity index is 1.79. The van der Waals surface area contributed by atoms with Gasteiger partial charge in [-0.2, -0.15) is 9.78 Å². The summed E-state index contributed by atoms with van der Waals surface area (Å²) in [7, 11) is 1.92. The van der Waals surface area contributed by atoms with E-state index < -0.39 is 0 Å². The lowest BCUT2D eigenvalue weighted by Gasteiger charge is -2.06. The van der Waals surface area contributed by atoms with Gasteiger partial charge in [-0.3, -0.25) is 4.68 Å². The molecule has 7 heteroatoms. The van der Waals surface area contributed by atoms with Gasteiger partial charge in [-0.15, -0.1) is 0 Å². The Bertz CT molecular complexity index is 699. The minimum Gasteiger partial charge on any atom is -0.349 e. The quantitative estimate of drug-likeness (QED) is 0.773. The summed E-state index contributed by atoms with van der Waals surface area (Å²) in [5, 5.41) is 19.2. The third kappa shape index (κ3) is 2.25. The van der Waals surface area contributed by atoms with E-state index in [-0.39, 0.29) is 0 Å². The fourth-order valence-corrected chi connectivity index (χ4v) is 1.93. The summed E-state index contributed by atoms with van der Waals surface area (Å²) >= 11 is 0. The summed E-state index contributed by atoms with van der Waals surface area (Å²) in [6.07, 6.45) is 1.85. The van der Waals surface area contributed by atoms with Crippen molar-refractivity contribution in [1.82, 2.24) is 30.0 Å². The number of para-hydroxylation sites is 1. The minimum atomic E-state index is 0.611. The Morgan fingerprint density at radius 3 is 2.70 bits per heavy atom. The second kappa shape index (κ2) is 5.12. The highest BCUT2D eigenvalue weighted by Crippen LogP contribution is 2.12. The number of tetrazole rings is 1. The van der Waals surface area contributed by atoms with E-state index in [0.29, 0.717) is 12.5 Å². The van der Waals surface area contributed by atoms with Crippen LogP contribution in [0.5, 0.6) is 0 Å². The monoisotopic (exact) mass is 269 g/mol. The average Bonchev–Trinajstić information content (AvgIpc) is 3.07. The lowest BCUT2D eigenvalue weighted by molar-refractivity contribution is 0.738. The van der Waals surface area contributed by atoms with E-state index >= 15 is 0 Å². The van der Waals surface area contributed by atoms with E-state index in [9.17, 15) is 0 Å². The van der Waals surface area contributed by atoms with E-state index in [1.165, 1.54) is 0 Å². The molecule has 0 aliphatic heterocycles. The first-order chi connectivity index (χ1) is 9.75. The van der Waals surface area contributed by atoms with E-state index in [1.807, 2.05) is 55.2 Å². The van der Waals surface area contributed by atoms with Gasteiger partial charge in [-0.05, 0) is 29.5 Å². The van der Waals surface area contributed by atoms with Crippen LogP contribution in [0.25, 0.3) is 5.69 Å². The molecule has 102 valence electrons. The molecule has 0 aliphatic rings. The number of benzene rings is 1. The van der Waals surface area contributed by atoms with Gasteiger partial charge in [-0.1, -0.05) is 23.3 Å². The minimum absolute atomic E-state index is 0.611. The Labute approximate surface area is 116 Å². The Morgan fingerprint density at radius 1 is 1.20 bits per heavy atom. The van der Waals surface area contributed by atoms with Crippen molar-refractivity contribution in [3.63, 3.8) is 0 Å². The summed E-state index contributed by atoms with van der Waals surface area (Å²) in [5.74, 6) is 0.611. The molecule has 20 heavy (non-hydrogen) atoms. The smallest absolute Gasteiger partial charge is 0.248 e. The summed E-state index contributed by atoms with van der Waals surface area (Å²) in [5.41, 5.74) is 3.16. The molecule has 0 spiro atoms. The maximum Gasteiger partial charge on any atom is 0.248 e. The van der Waals surface area contributed by atoms with Crippen LogP contribution < -0.4 is 5.32 Å². The van der Waals surface area contributed by atoms with Crippen LogP contribution in [-0.4, -0.2) is 30.0 Å². The zero-order valence-corrected chi connectivity index (χ0v) is 11.4. The predicted molar refractivity (Wildman–Crippen MR) is 74.4 cm³/mol. The maximum absolute atomic E-state index is 4.21. The number of nitrogens with one attached hydrogen (secondary N) is 1. The van der Waals surface area contributed by atoms with Gasteiger partial charge < -0.3 is 5.32 Å². The molecule has 0 fully saturated rings. The van der Waals surface area contributed by atoms with Crippen molar-refractivity contribution in [2.24, 2.45) is 7.05 Å². The van der Waals surface area contributed by atoms with E-state index in [1.54, 1.807) is 4.68 Å². The molecule has 1 N–H and O–H groups in total. The molecule has 2 heterocycles. The number of aryl methyl sites for hydroxylation is 1. The number of anilines is 1. The molecule has 0 radical (unpaired) electrons. The van der Waals surface area contributed by atoms with Crippen LogP contribution in [0.2, 0.25) is 0 Å². The lowest BCUT2D eigenvalue weighted by atomic mass is 10.2. The van der Waals surface area contributed by atoms with Crippen LogP contribution in [0.15, 0.2) is 36.5 Å². The average molecular weight is 269 g/mol. The number of rotatable bonds is 4. The normalized spacial score (nSPS) is 10.7. The zero-order chi connectivity index (χ0) is 13.9. The summed E-state index contributed by atoms with van der Waals surface area (Å²) < 4.78 is 3.52. The third-order valence-electron chi connectivity index (χ3n) is 3.24. The molecule has 3 rings (SSSR count). The largest absolute Gasteiger partial charge is 0.349 e. The predicted octanol–water partition coefficient (Wildman–Crippen LogP) is 1.32. The molecule has 7 nitrogen and oxygen atoms in total. The topological polar surface area (TPSA) is 73.5 Å². The van der Waals surface area contributed by atoms with Crippen LogP contribution in [0, 0.1) is 6.92 Å². The molecule has 2 aromatic heterocycles. The Kier molecular flexibility index (Phi) is 3.16. The van der Waals surface area contributed by atoms with Crippen molar-refractivity contribution in [3.05, 3.63) is 47.8 Å². The molecule has 0 bridgehead atoms. The van der Waals surface area contributed by atoms with Gasteiger partial charge in [0.2, 0.25) is 5.95 Å². The van der Waals surface area contributed by atoms with Crippen molar-refractivity contribution in [3.8, 4) is 5.69 Å². The van der Waals surface area contributed by atoms with Gasteiger partial charge in [0.25, 0.3) is 0 Å². The fourth-order valence-electron chi connectivity index (χ4n) is 1.93. The second-order valence-corrected chi connectivity index (χ2v) is 4.48. The van der Waals surface area contributed by atoms with Crippen molar-refractivity contribution in [2.45, 2.75) is 13.5 Å². The first-order valence-corrected chi connectivity index (χ1v) is 6.31. The number of hydrogen-bond acceptors (Lipinski definition) is 5. The molecule has 1 aromatic carbocycles. The highest BCUT2D eigenvalue weighted by molar-refractivity contribution is 5.39. The van der Waals surface area contributed by atoms with Gasteiger partial charge in [-0.25, -0.2) is 0 Å². The van der Waals surface area contributed by atoms with Gasteiger partial charge in [0.05, 0.1) is 11.9 Å². The van der Waals surface area contributed by atoms with Crippen LogP contribution in [0.1, 0.15) is 11.3 Å². The van der Waals surface area contributed by atoms with Crippen molar-refractivity contribution < 1.29 is 0 Å². The Morgan fingerprint density at radius 2 is 2.00 bits per heavy atom. The van der Waals surface area contributed by atoms with E-state index in [2.05, 4.69) is 25.9 Å². The molecule has 0 atom stereocenters. The summed E-state index contributed by atoms with van der Waals surface area (Å²) in [6, 6.07) is 9.77. The summed E-state index contributed by atoms with van der Waals surface area (Å²) in [6.45, 7) is 2.66. The standard InChI is InChI=1S/C13H15N7/c1-10-11(9-15-19(10)2)8-14-13-16-17-18-20(13)12-6-4-3-5-7-12/h3-7,9H,8H2,1-2H3,(H,14,16,18).